The first-order valence-electron chi connectivity index (χ1n) is 3.08. The van der Waals surface area contributed by atoms with Gasteiger partial charge in [0.05, 0.1) is 0 Å². The Kier molecular flexibility index (Phi) is 1.43. The van der Waals surface area contributed by atoms with Crippen LogP contribution in [0, 0.1) is 5.41 Å². The fraction of sp³-hybridized carbons (Fsp3) is 0.833. The Morgan fingerprint density at radius 3 is 2.33 bits per heavy atom. The first-order valence-corrected chi connectivity index (χ1v) is 3.08. The van der Waals surface area contributed by atoms with Crippen molar-refractivity contribution in [2.75, 3.05) is 6.54 Å². The second kappa shape index (κ2) is 1.87. The van der Waals surface area contributed by atoms with E-state index >= 15 is 0 Å². The third kappa shape index (κ3) is 1.04. The second-order valence-electron chi connectivity index (χ2n) is 2.95. The standard InChI is InChI=1S/C6H9NO.ClH/c8-5-3-6(1-2-6)4-7-5;/h1-4H2,(H,7,8);1H. The molecule has 1 spiro atoms. The van der Waals surface area contributed by atoms with E-state index in [0.717, 1.165) is 13.0 Å². The SMILES string of the molecule is Cl.O=C1CC2(CC2)CN1. The Hall–Kier alpha value is -0.240. The zero-order valence-electron chi connectivity index (χ0n) is 5.14. The lowest BCUT2D eigenvalue weighted by Gasteiger charge is -1.95. The molecule has 0 radical (unpaired) electrons. The van der Waals surface area contributed by atoms with Crippen molar-refractivity contribution in [2.24, 2.45) is 5.41 Å². The van der Waals surface area contributed by atoms with Gasteiger partial charge in [-0.25, -0.2) is 0 Å². The highest BCUT2D eigenvalue weighted by molar-refractivity contribution is 5.85. The van der Waals surface area contributed by atoms with Crippen LogP contribution in [0.2, 0.25) is 0 Å². The van der Waals surface area contributed by atoms with E-state index in [-0.39, 0.29) is 18.3 Å². The number of carbonyl (C=O) groups is 1. The molecule has 0 unspecified atom stereocenters. The topological polar surface area (TPSA) is 29.1 Å². The fourth-order valence-corrected chi connectivity index (χ4v) is 1.28. The molecule has 9 heavy (non-hydrogen) atoms. The maximum atomic E-state index is 10.6. The summed E-state index contributed by atoms with van der Waals surface area (Å²) in [7, 11) is 0. The van der Waals surface area contributed by atoms with Crippen LogP contribution in [-0.2, 0) is 4.79 Å². The smallest absolute Gasteiger partial charge is 0.220 e. The van der Waals surface area contributed by atoms with E-state index in [0.29, 0.717) is 5.41 Å². The number of nitrogens with one attached hydrogen (secondary N) is 1. The molecule has 0 aromatic carbocycles. The highest BCUT2D eigenvalue weighted by atomic mass is 35.5. The molecule has 1 aliphatic carbocycles. The van der Waals surface area contributed by atoms with Gasteiger partial charge < -0.3 is 5.32 Å². The first kappa shape index (κ1) is 6.87. The van der Waals surface area contributed by atoms with Gasteiger partial charge in [-0.05, 0) is 18.3 Å². The average molecular weight is 148 g/mol. The van der Waals surface area contributed by atoms with Crippen molar-refractivity contribution in [3.63, 3.8) is 0 Å². The summed E-state index contributed by atoms with van der Waals surface area (Å²) in [5.41, 5.74) is 0.455. The fourth-order valence-electron chi connectivity index (χ4n) is 1.28. The largest absolute Gasteiger partial charge is 0.356 e. The van der Waals surface area contributed by atoms with Gasteiger partial charge in [-0.2, -0.15) is 0 Å². The van der Waals surface area contributed by atoms with Gasteiger partial charge in [-0.1, -0.05) is 0 Å². The molecule has 2 nitrogen and oxygen atoms in total. The average Bonchev–Trinajstić information content (AvgIpc) is 2.34. The highest BCUT2D eigenvalue weighted by Gasteiger charge is 2.48. The predicted octanol–water partition coefficient (Wildman–Crippen LogP) is 0.708. The lowest BCUT2D eigenvalue weighted by Crippen LogP contribution is -2.13. The molecule has 0 aromatic rings. The molecule has 52 valence electrons. The number of carbonyl (C=O) groups excluding carboxylic acids is 1. The van der Waals surface area contributed by atoms with Crippen LogP contribution in [0.15, 0.2) is 0 Å². The maximum Gasteiger partial charge on any atom is 0.220 e. The number of rotatable bonds is 0. The zero-order valence-corrected chi connectivity index (χ0v) is 5.96. The van der Waals surface area contributed by atoms with Crippen LogP contribution in [0.1, 0.15) is 19.3 Å². The van der Waals surface area contributed by atoms with Crippen molar-refractivity contribution in [1.82, 2.24) is 5.32 Å². The maximum absolute atomic E-state index is 10.6. The van der Waals surface area contributed by atoms with Crippen LogP contribution in [0.4, 0.5) is 0 Å². The molecule has 0 aromatic heterocycles. The predicted molar refractivity (Wildman–Crippen MR) is 36.5 cm³/mol. The summed E-state index contributed by atoms with van der Waals surface area (Å²) >= 11 is 0. The quantitative estimate of drug-likeness (QED) is 0.537. The van der Waals surface area contributed by atoms with Crippen molar-refractivity contribution in [1.29, 1.82) is 0 Å². The summed E-state index contributed by atoms with van der Waals surface area (Å²) in [5.74, 6) is 0.252. The van der Waals surface area contributed by atoms with E-state index in [1.807, 2.05) is 0 Å². The summed E-state index contributed by atoms with van der Waals surface area (Å²) in [4.78, 5) is 10.6. The van der Waals surface area contributed by atoms with Gasteiger partial charge in [0, 0.05) is 13.0 Å². The van der Waals surface area contributed by atoms with Crippen LogP contribution >= 0.6 is 12.4 Å². The van der Waals surface area contributed by atoms with Crippen LogP contribution in [0.25, 0.3) is 0 Å². The van der Waals surface area contributed by atoms with E-state index in [9.17, 15) is 4.79 Å². The molecule has 3 heteroatoms. The summed E-state index contributed by atoms with van der Waals surface area (Å²) in [5, 5.41) is 2.83. The first-order chi connectivity index (χ1) is 3.81. The Morgan fingerprint density at radius 2 is 2.11 bits per heavy atom. The van der Waals surface area contributed by atoms with Gasteiger partial charge in [-0.15, -0.1) is 12.4 Å². The number of hydrogen-bond acceptors (Lipinski definition) is 1. The molecule has 1 aliphatic heterocycles. The molecule has 1 heterocycles. The third-order valence-corrected chi connectivity index (χ3v) is 2.15. The van der Waals surface area contributed by atoms with Gasteiger partial charge in [0.1, 0.15) is 0 Å². The molecule has 1 saturated carbocycles. The van der Waals surface area contributed by atoms with Crippen molar-refractivity contribution in [2.45, 2.75) is 19.3 Å². The number of hydrogen-bond donors (Lipinski definition) is 1. The van der Waals surface area contributed by atoms with Crippen molar-refractivity contribution >= 4 is 18.3 Å². The van der Waals surface area contributed by atoms with Crippen LogP contribution in [0.3, 0.4) is 0 Å². The lowest BCUT2D eigenvalue weighted by atomic mass is 10.1. The van der Waals surface area contributed by atoms with Crippen molar-refractivity contribution in [3.8, 4) is 0 Å². The van der Waals surface area contributed by atoms with E-state index < -0.39 is 0 Å². The van der Waals surface area contributed by atoms with E-state index in [2.05, 4.69) is 5.32 Å². The molecule has 1 amide bonds. The Bertz CT molecular complexity index is 142. The van der Waals surface area contributed by atoms with E-state index in [1.165, 1.54) is 12.8 Å². The molecule has 1 N–H and O–H groups in total. The van der Waals surface area contributed by atoms with E-state index in [4.69, 9.17) is 0 Å². The number of amides is 1. The second-order valence-corrected chi connectivity index (χ2v) is 2.95. The molecule has 2 rings (SSSR count). The minimum absolute atomic E-state index is 0. The molecule has 2 aliphatic rings. The van der Waals surface area contributed by atoms with Crippen LogP contribution in [0.5, 0.6) is 0 Å². The minimum Gasteiger partial charge on any atom is -0.356 e. The highest BCUT2D eigenvalue weighted by Crippen LogP contribution is 2.50. The molecule has 1 saturated heterocycles. The van der Waals surface area contributed by atoms with Crippen LogP contribution in [-0.4, -0.2) is 12.5 Å². The molecule has 0 bridgehead atoms. The Morgan fingerprint density at radius 1 is 1.44 bits per heavy atom. The van der Waals surface area contributed by atoms with Gasteiger partial charge in [0.25, 0.3) is 0 Å². The zero-order chi connectivity index (χ0) is 5.61. The molecule has 2 fully saturated rings. The Balaban J connectivity index is 0.000000405. The van der Waals surface area contributed by atoms with Crippen molar-refractivity contribution < 1.29 is 4.79 Å². The summed E-state index contributed by atoms with van der Waals surface area (Å²) in [6.07, 6.45) is 3.34. The molecular formula is C6H10ClNO. The van der Waals surface area contributed by atoms with Gasteiger partial charge in [0.2, 0.25) is 5.91 Å². The van der Waals surface area contributed by atoms with Gasteiger partial charge in [-0.3, -0.25) is 4.79 Å². The van der Waals surface area contributed by atoms with Gasteiger partial charge in [0.15, 0.2) is 0 Å². The third-order valence-electron chi connectivity index (χ3n) is 2.15. The van der Waals surface area contributed by atoms with Crippen LogP contribution < -0.4 is 5.32 Å². The van der Waals surface area contributed by atoms with Crippen molar-refractivity contribution in [3.05, 3.63) is 0 Å². The lowest BCUT2D eigenvalue weighted by molar-refractivity contribution is -0.119. The molecular weight excluding hydrogens is 138 g/mol. The van der Waals surface area contributed by atoms with E-state index in [1.54, 1.807) is 0 Å². The summed E-state index contributed by atoms with van der Waals surface area (Å²) < 4.78 is 0. The summed E-state index contributed by atoms with van der Waals surface area (Å²) in [6, 6.07) is 0. The number of halogens is 1. The molecule has 0 atom stereocenters. The monoisotopic (exact) mass is 147 g/mol. The minimum atomic E-state index is 0. The normalized spacial score (nSPS) is 27.3. The summed E-state index contributed by atoms with van der Waals surface area (Å²) in [6.45, 7) is 0.950. The Labute approximate surface area is 60.4 Å². The van der Waals surface area contributed by atoms with Gasteiger partial charge >= 0.3 is 0 Å².